The Kier molecular flexibility index (Phi) is 3.19. The van der Waals surface area contributed by atoms with Crippen molar-refractivity contribution in [3.05, 3.63) is 24.3 Å². The molecule has 0 saturated carbocycles. The lowest BCUT2D eigenvalue weighted by Crippen LogP contribution is -1.52. The number of rotatable bonds is 1. The summed E-state index contributed by atoms with van der Waals surface area (Å²) in [6, 6.07) is 0. The van der Waals surface area contributed by atoms with Crippen LogP contribution in [0.3, 0.4) is 0 Å². The number of allylic oxidation sites excluding steroid dienone is 3. The topological polar surface area (TPSA) is 0 Å². The van der Waals surface area contributed by atoms with Crippen molar-refractivity contribution in [3.63, 3.8) is 0 Å². The first-order valence-corrected chi connectivity index (χ1v) is 1.86. The average Bonchev–Trinajstić information content (AvgIpc) is 1.61. The summed E-state index contributed by atoms with van der Waals surface area (Å²) in [7, 11) is 0. The molecule has 0 aliphatic heterocycles. The van der Waals surface area contributed by atoms with E-state index in [0.29, 0.717) is 0 Å². The van der Waals surface area contributed by atoms with Crippen LogP contribution in [0.1, 0.15) is 6.92 Å². The van der Waals surface area contributed by atoms with Gasteiger partial charge in [-0.25, -0.2) is 8.78 Å². The van der Waals surface area contributed by atoms with Gasteiger partial charge < -0.3 is 0 Å². The van der Waals surface area contributed by atoms with E-state index >= 15 is 0 Å². The molecule has 0 amide bonds. The molecule has 0 atom stereocenters. The molecule has 0 spiro atoms. The van der Waals surface area contributed by atoms with Crippen LogP contribution in [0.4, 0.5) is 8.78 Å². The van der Waals surface area contributed by atoms with E-state index in [9.17, 15) is 8.78 Å². The summed E-state index contributed by atoms with van der Waals surface area (Å²) >= 11 is 0. The number of hydrogen-bond acceptors (Lipinski definition) is 0. The Morgan fingerprint density at radius 3 is 2.29 bits per heavy atom. The van der Waals surface area contributed by atoms with Crippen molar-refractivity contribution in [2.24, 2.45) is 0 Å². The summed E-state index contributed by atoms with van der Waals surface area (Å²) < 4.78 is 22.5. The van der Waals surface area contributed by atoms with Crippen LogP contribution in [0.25, 0.3) is 0 Å². The zero-order chi connectivity index (χ0) is 5.70. The van der Waals surface area contributed by atoms with Gasteiger partial charge in [-0.3, -0.25) is 0 Å². The zero-order valence-electron chi connectivity index (χ0n) is 3.99. The van der Waals surface area contributed by atoms with Crippen LogP contribution in [0.15, 0.2) is 24.3 Å². The van der Waals surface area contributed by atoms with E-state index in [-0.39, 0.29) is 6.33 Å². The third-order valence-electron chi connectivity index (χ3n) is 0.399. The molecule has 0 aliphatic rings. The Bertz CT molecular complexity index is 88.3. The minimum absolute atomic E-state index is 0.281. The maximum atomic E-state index is 11.5. The fourth-order valence-corrected chi connectivity index (χ4v) is 0.169. The van der Waals surface area contributed by atoms with Gasteiger partial charge >= 0.3 is 0 Å². The summed E-state index contributed by atoms with van der Waals surface area (Å²) in [6.45, 7) is 1.25. The van der Waals surface area contributed by atoms with Crippen molar-refractivity contribution < 1.29 is 8.78 Å². The van der Waals surface area contributed by atoms with Crippen LogP contribution in [0, 0.1) is 0 Å². The molecule has 7 heavy (non-hydrogen) atoms. The minimum Gasteiger partial charge on any atom is -0.216 e. The van der Waals surface area contributed by atoms with Gasteiger partial charge in [-0.15, -0.1) is 0 Å². The Labute approximate surface area is 41.2 Å². The van der Waals surface area contributed by atoms with E-state index in [2.05, 4.69) is 0 Å². The highest BCUT2D eigenvalue weighted by atomic mass is 19.1. The Morgan fingerprint density at radius 1 is 1.57 bits per heavy atom. The SMILES string of the molecule is C/C(F)=C/C=C/F. The van der Waals surface area contributed by atoms with Gasteiger partial charge in [-0.05, 0) is 19.1 Å². The van der Waals surface area contributed by atoms with E-state index in [1.54, 1.807) is 0 Å². The van der Waals surface area contributed by atoms with Crippen LogP contribution in [0.5, 0.6) is 0 Å². The highest BCUT2D eigenvalue weighted by Gasteiger charge is 1.72. The predicted octanol–water partition coefficient (Wildman–Crippen LogP) is 2.34. The minimum atomic E-state index is -0.395. The van der Waals surface area contributed by atoms with Gasteiger partial charge in [0.15, 0.2) is 0 Å². The van der Waals surface area contributed by atoms with Gasteiger partial charge in [0, 0.05) is 0 Å². The molecule has 0 radical (unpaired) electrons. The first kappa shape index (κ1) is 6.34. The standard InChI is InChI=1S/C5H6F2/c1-5(7)3-2-4-6/h2-4H,1H3/b4-2+,5-3-. The van der Waals surface area contributed by atoms with Gasteiger partial charge in [0.05, 0.1) is 12.2 Å². The van der Waals surface area contributed by atoms with Crippen molar-refractivity contribution in [2.75, 3.05) is 0 Å². The molecule has 0 rings (SSSR count). The van der Waals surface area contributed by atoms with Crippen LogP contribution in [0.2, 0.25) is 0 Å². The third kappa shape index (κ3) is 5.34. The number of hydrogen-bond donors (Lipinski definition) is 0. The molecule has 0 N–H and O–H groups in total. The van der Waals surface area contributed by atoms with E-state index < -0.39 is 5.83 Å². The normalized spacial score (nSPS) is 13.3. The molecular formula is C5H6F2. The Hall–Kier alpha value is -0.660. The van der Waals surface area contributed by atoms with Crippen LogP contribution in [-0.2, 0) is 0 Å². The molecule has 0 nitrogen and oxygen atoms in total. The number of halogens is 2. The molecule has 0 aromatic heterocycles. The molecule has 2 heteroatoms. The van der Waals surface area contributed by atoms with Crippen molar-refractivity contribution in [2.45, 2.75) is 6.92 Å². The van der Waals surface area contributed by atoms with Gasteiger partial charge in [0.25, 0.3) is 0 Å². The summed E-state index contributed by atoms with van der Waals surface area (Å²) in [5, 5.41) is 0. The monoisotopic (exact) mass is 104 g/mol. The summed E-state index contributed by atoms with van der Waals surface area (Å²) in [6.07, 6.45) is 2.32. The first-order valence-electron chi connectivity index (χ1n) is 1.86. The quantitative estimate of drug-likeness (QED) is 0.448. The van der Waals surface area contributed by atoms with Crippen molar-refractivity contribution >= 4 is 0 Å². The van der Waals surface area contributed by atoms with Crippen LogP contribution in [-0.4, -0.2) is 0 Å². The largest absolute Gasteiger partial charge is 0.216 e. The first-order chi connectivity index (χ1) is 3.27. The molecule has 0 fully saturated rings. The van der Waals surface area contributed by atoms with Gasteiger partial charge in [-0.2, -0.15) is 0 Å². The van der Waals surface area contributed by atoms with Gasteiger partial charge in [-0.1, -0.05) is 0 Å². The predicted molar refractivity (Wildman–Crippen MR) is 25.1 cm³/mol. The Morgan fingerprint density at radius 2 is 2.14 bits per heavy atom. The van der Waals surface area contributed by atoms with E-state index in [0.717, 1.165) is 12.2 Å². The maximum absolute atomic E-state index is 11.5. The molecule has 0 aliphatic carbocycles. The highest BCUT2D eigenvalue weighted by molar-refractivity contribution is 5.02. The average molecular weight is 104 g/mol. The third-order valence-corrected chi connectivity index (χ3v) is 0.399. The van der Waals surface area contributed by atoms with E-state index in [4.69, 9.17) is 0 Å². The lowest BCUT2D eigenvalue weighted by molar-refractivity contribution is 0.639. The summed E-state index contributed by atoms with van der Waals surface area (Å²) in [4.78, 5) is 0. The van der Waals surface area contributed by atoms with Gasteiger partial charge in [0.2, 0.25) is 0 Å². The second-order valence-corrected chi connectivity index (χ2v) is 1.07. The van der Waals surface area contributed by atoms with Crippen molar-refractivity contribution in [3.8, 4) is 0 Å². The highest BCUT2D eigenvalue weighted by Crippen LogP contribution is 1.91. The molecule has 40 valence electrons. The fraction of sp³-hybridized carbons (Fsp3) is 0.200. The second-order valence-electron chi connectivity index (χ2n) is 1.07. The summed E-state index contributed by atoms with van der Waals surface area (Å²) in [5.41, 5.74) is 0. The smallest absolute Gasteiger partial charge is 0.0969 e. The molecule has 0 heterocycles. The Balaban J connectivity index is 3.46. The van der Waals surface area contributed by atoms with E-state index in [1.165, 1.54) is 6.92 Å². The molecule has 0 aromatic carbocycles. The lowest BCUT2D eigenvalue weighted by atomic mass is 10.5. The molecule has 0 aromatic rings. The molecule has 0 bridgehead atoms. The van der Waals surface area contributed by atoms with Crippen LogP contribution >= 0.6 is 0 Å². The lowest BCUT2D eigenvalue weighted by Gasteiger charge is -1.72. The molecule has 0 unspecified atom stereocenters. The molecular weight excluding hydrogens is 98.1 g/mol. The molecule has 0 saturated heterocycles. The van der Waals surface area contributed by atoms with E-state index in [1.807, 2.05) is 0 Å². The summed E-state index contributed by atoms with van der Waals surface area (Å²) in [5.74, 6) is -0.395. The van der Waals surface area contributed by atoms with Crippen LogP contribution < -0.4 is 0 Å². The zero-order valence-corrected chi connectivity index (χ0v) is 3.99. The van der Waals surface area contributed by atoms with Crippen molar-refractivity contribution in [1.29, 1.82) is 0 Å². The fourth-order valence-electron chi connectivity index (χ4n) is 0.169. The van der Waals surface area contributed by atoms with Gasteiger partial charge in [0.1, 0.15) is 0 Å². The second kappa shape index (κ2) is 3.53. The van der Waals surface area contributed by atoms with Crippen molar-refractivity contribution in [1.82, 2.24) is 0 Å². The maximum Gasteiger partial charge on any atom is 0.0969 e.